The van der Waals surface area contributed by atoms with E-state index in [0.717, 1.165) is 13.1 Å². The average molecular weight is 331 g/mol. The fourth-order valence-corrected chi connectivity index (χ4v) is 5.05. The molecule has 124 valence electrons. The molecule has 2 aromatic rings. The van der Waals surface area contributed by atoms with Crippen molar-refractivity contribution in [2.45, 2.75) is 32.4 Å². The van der Waals surface area contributed by atoms with E-state index in [0.29, 0.717) is 5.41 Å². The molecular formula is C18H26N4S. The molecule has 5 heteroatoms. The van der Waals surface area contributed by atoms with Crippen molar-refractivity contribution in [1.29, 1.82) is 0 Å². The molecule has 4 rings (SSSR count). The molecule has 2 aliphatic rings. The van der Waals surface area contributed by atoms with Crippen LogP contribution in [0.5, 0.6) is 0 Å². The van der Waals surface area contributed by atoms with Gasteiger partial charge in [-0.3, -0.25) is 14.5 Å². The highest BCUT2D eigenvalue weighted by atomic mass is 32.1. The first-order valence-electron chi connectivity index (χ1n) is 8.64. The van der Waals surface area contributed by atoms with Crippen LogP contribution in [0.25, 0.3) is 0 Å². The SMILES string of the molecule is Cn1cc(CN2CCC[C@@]3(CCN(Cc4ccsc4)C3)C2)cn1. The number of nitrogens with zero attached hydrogens (tertiary/aromatic N) is 4. The van der Waals surface area contributed by atoms with Crippen LogP contribution in [-0.4, -0.2) is 45.8 Å². The van der Waals surface area contributed by atoms with Gasteiger partial charge in [0, 0.05) is 45.0 Å². The highest BCUT2D eigenvalue weighted by Crippen LogP contribution is 2.39. The van der Waals surface area contributed by atoms with Gasteiger partial charge in [-0.05, 0) is 60.2 Å². The molecule has 0 aromatic carbocycles. The second-order valence-electron chi connectivity index (χ2n) is 7.43. The van der Waals surface area contributed by atoms with Crippen molar-refractivity contribution in [2.75, 3.05) is 26.2 Å². The number of aromatic nitrogens is 2. The van der Waals surface area contributed by atoms with Crippen LogP contribution in [0, 0.1) is 5.41 Å². The first-order chi connectivity index (χ1) is 11.2. The van der Waals surface area contributed by atoms with E-state index in [-0.39, 0.29) is 0 Å². The van der Waals surface area contributed by atoms with E-state index in [2.05, 4.69) is 37.9 Å². The maximum Gasteiger partial charge on any atom is 0.0534 e. The third kappa shape index (κ3) is 3.52. The van der Waals surface area contributed by atoms with Crippen LogP contribution in [0.15, 0.2) is 29.2 Å². The Hall–Kier alpha value is -1.17. The van der Waals surface area contributed by atoms with Crippen molar-refractivity contribution in [3.63, 3.8) is 0 Å². The van der Waals surface area contributed by atoms with Gasteiger partial charge < -0.3 is 0 Å². The van der Waals surface area contributed by atoms with Crippen molar-refractivity contribution in [1.82, 2.24) is 19.6 Å². The van der Waals surface area contributed by atoms with E-state index in [4.69, 9.17) is 0 Å². The lowest BCUT2D eigenvalue weighted by Gasteiger charge is -2.40. The van der Waals surface area contributed by atoms with Crippen LogP contribution in [0.2, 0.25) is 0 Å². The summed E-state index contributed by atoms with van der Waals surface area (Å²) in [6, 6.07) is 2.27. The highest BCUT2D eigenvalue weighted by molar-refractivity contribution is 7.07. The van der Waals surface area contributed by atoms with E-state index >= 15 is 0 Å². The van der Waals surface area contributed by atoms with E-state index in [1.54, 1.807) is 0 Å². The number of rotatable bonds is 4. The summed E-state index contributed by atoms with van der Waals surface area (Å²) in [4.78, 5) is 5.31. The van der Waals surface area contributed by atoms with Crippen LogP contribution in [0.4, 0.5) is 0 Å². The van der Waals surface area contributed by atoms with Gasteiger partial charge in [-0.15, -0.1) is 0 Å². The Bertz CT molecular complexity index is 635. The second-order valence-corrected chi connectivity index (χ2v) is 8.21. The maximum atomic E-state index is 4.31. The summed E-state index contributed by atoms with van der Waals surface area (Å²) < 4.78 is 1.91. The predicted octanol–water partition coefficient (Wildman–Crippen LogP) is 2.97. The topological polar surface area (TPSA) is 24.3 Å². The molecular weight excluding hydrogens is 304 g/mol. The predicted molar refractivity (Wildman–Crippen MR) is 94.4 cm³/mol. The molecule has 0 bridgehead atoms. The summed E-state index contributed by atoms with van der Waals surface area (Å²) in [5.41, 5.74) is 3.35. The molecule has 0 radical (unpaired) electrons. The summed E-state index contributed by atoms with van der Waals surface area (Å²) in [6.45, 7) is 7.21. The Morgan fingerprint density at radius 1 is 1.13 bits per heavy atom. The molecule has 0 saturated carbocycles. The Morgan fingerprint density at radius 2 is 1.96 bits per heavy atom. The van der Waals surface area contributed by atoms with Gasteiger partial charge in [0.2, 0.25) is 0 Å². The Labute approximate surface area is 142 Å². The van der Waals surface area contributed by atoms with Crippen LogP contribution in [0.3, 0.4) is 0 Å². The normalized spacial score (nSPS) is 26.3. The van der Waals surface area contributed by atoms with Gasteiger partial charge in [0.15, 0.2) is 0 Å². The molecule has 2 fully saturated rings. The minimum absolute atomic E-state index is 0.524. The van der Waals surface area contributed by atoms with Crippen molar-refractivity contribution < 1.29 is 0 Å². The summed E-state index contributed by atoms with van der Waals surface area (Å²) in [5.74, 6) is 0. The van der Waals surface area contributed by atoms with Crippen molar-refractivity contribution in [3.05, 3.63) is 40.3 Å². The number of thiophene rings is 1. The Kier molecular flexibility index (Phi) is 4.26. The monoisotopic (exact) mass is 330 g/mol. The van der Waals surface area contributed by atoms with E-state index in [1.165, 1.54) is 56.6 Å². The van der Waals surface area contributed by atoms with E-state index in [1.807, 2.05) is 29.3 Å². The second kappa shape index (κ2) is 6.38. The molecule has 23 heavy (non-hydrogen) atoms. The molecule has 2 saturated heterocycles. The zero-order chi connectivity index (χ0) is 15.7. The van der Waals surface area contributed by atoms with Gasteiger partial charge in [-0.25, -0.2) is 0 Å². The lowest BCUT2D eigenvalue weighted by molar-refractivity contribution is 0.0866. The van der Waals surface area contributed by atoms with Crippen LogP contribution < -0.4 is 0 Å². The number of hydrogen-bond acceptors (Lipinski definition) is 4. The minimum atomic E-state index is 0.524. The molecule has 1 spiro atoms. The van der Waals surface area contributed by atoms with Crippen LogP contribution in [0.1, 0.15) is 30.4 Å². The van der Waals surface area contributed by atoms with Crippen LogP contribution in [-0.2, 0) is 20.1 Å². The summed E-state index contributed by atoms with van der Waals surface area (Å²) in [6.07, 6.45) is 8.27. The molecule has 2 aromatic heterocycles. The molecule has 4 nitrogen and oxygen atoms in total. The summed E-state index contributed by atoms with van der Waals surface area (Å²) in [7, 11) is 2.00. The van der Waals surface area contributed by atoms with Gasteiger partial charge in [0.25, 0.3) is 0 Å². The smallest absolute Gasteiger partial charge is 0.0534 e. The van der Waals surface area contributed by atoms with Gasteiger partial charge in [-0.2, -0.15) is 16.4 Å². The quantitative estimate of drug-likeness (QED) is 0.861. The lowest BCUT2D eigenvalue weighted by Crippen LogP contribution is -2.44. The summed E-state index contributed by atoms with van der Waals surface area (Å²) in [5, 5.41) is 8.79. The van der Waals surface area contributed by atoms with E-state index < -0.39 is 0 Å². The Balaban J connectivity index is 1.37. The molecule has 0 aliphatic carbocycles. The standard InChI is InChI=1S/C18H26N4S/c1-20-10-17(9-19-20)12-21-6-2-4-18(14-21)5-7-22(15-18)11-16-3-8-23-13-16/h3,8-10,13H,2,4-7,11-12,14-15H2,1H3/t18-/m1/s1. The van der Waals surface area contributed by atoms with Gasteiger partial charge in [-0.1, -0.05) is 0 Å². The van der Waals surface area contributed by atoms with Crippen LogP contribution >= 0.6 is 11.3 Å². The molecule has 1 atom stereocenters. The van der Waals surface area contributed by atoms with Gasteiger partial charge in [0.05, 0.1) is 6.20 Å². The lowest BCUT2D eigenvalue weighted by atomic mass is 9.79. The number of piperidine rings is 1. The fourth-order valence-electron chi connectivity index (χ4n) is 4.39. The highest BCUT2D eigenvalue weighted by Gasteiger charge is 2.41. The summed E-state index contributed by atoms with van der Waals surface area (Å²) >= 11 is 1.81. The van der Waals surface area contributed by atoms with Crippen molar-refractivity contribution in [2.24, 2.45) is 12.5 Å². The fraction of sp³-hybridized carbons (Fsp3) is 0.611. The largest absolute Gasteiger partial charge is 0.298 e. The minimum Gasteiger partial charge on any atom is -0.298 e. The number of hydrogen-bond donors (Lipinski definition) is 0. The first kappa shape index (κ1) is 15.4. The molecule has 2 aliphatic heterocycles. The van der Waals surface area contributed by atoms with Crippen molar-refractivity contribution >= 4 is 11.3 Å². The zero-order valence-corrected chi connectivity index (χ0v) is 14.8. The van der Waals surface area contributed by atoms with E-state index in [9.17, 15) is 0 Å². The van der Waals surface area contributed by atoms with Gasteiger partial charge >= 0.3 is 0 Å². The molecule has 0 N–H and O–H groups in total. The first-order valence-corrected chi connectivity index (χ1v) is 9.58. The van der Waals surface area contributed by atoms with Crippen molar-refractivity contribution in [3.8, 4) is 0 Å². The zero-order valence-electron chi connectivity index (χ0n) is 13.9. The molecule has 0 unspecified atom stereocenters. The maximum absolute atomic E-state index is 4.31. The average Bonchev–Trinajstić information content (AvgIpc) is 3.24. The molecule has 0 amide bonds. The number of likely N-dealkylation sites (tertiary alicyclic amines) is 2. The molecule has 4 heterocycles. The number of aryl methyl sites for hydroxylation is 1. The third-order valence-electron chi connectivity index (χ3n) is 5.41. The third-order valence-corrected chi connectivity index (χ3v) is 6.14. The van der Waals surface area contributed by atoms with Gasteiger partial charge in [0.1, 0.15) is 0 Å². The Morgan fingerprint density at radius 3 is 2.70 bits per heavy atom.